The van der Waals surface area contributed by atoms with E-state index in [2.05, 4.69) is 26.7 Å². The third-order valence-electron chi connectivity index (χ3n) is 5.40. The second kappa shape index (κ2) is 8.43. The van der Waals surface area contributed by atoms with Crippen LogP contribution in [0.2, 0.25) is 0 Å². The number of rotatable bonds is 6. The molecule has 3 aromatic rings. The van der Waals surface area contributed by atoms with Gasteiger partial charge in [-0.3, -0.25) is 4.68 Å². The van der Waals surface area contributed by atoms with Gasteiger partial charge in [0.1, 0.15) is 10.6 Å². The molecule has 0 amide bonds. The third-order valence-corrected chi connectivity index (χ3v) is 6.68. The van der Waals surface area contributed by atoms with E-state index in [1.807, 2.05) is 36.4 Å². The van der Waals surface area contributed by atoms with Crippen LogP contribution in [0.5, 0.6) is 11.6 Å². The predicted molar refractivity (Wildman–Crippen MR) is 113 cm³/mol. The highest BCUT2D eigenvalue weighted by Crippen LogP contribution is 2.38. The van der Waals surface area contributed by atoms with Gasteiger partial charge < -0.3 is 4.74 Å². The number of nitrogens with one attached hydrogen (secondary N) is 1. The van der Waals surface area contributed by atoms with Crippen LogP contribution in [0.3, 0.4) is 0 Å². The lowest BCUT2D eigenvalue weighted by Crippen LogP contribution is -2.19. The van der Waals surface area contributed by atoms with E-state index < -0.39 is 10.0 Å². The SMILES string of the molecule is CC1CCCCC1c1cc(Oc2ccccc2)nc(NS(=O)(=O)c2cnn(C)c2)n1. The van der Waals surface area contributed by atoms with Crippen LogP contribution in [0.1, 0.15) is 44.2 Å². The third kappa shape index (κ3) is 4.62. The molecule has 2 unspecified atom stereocenters. The molecule has 1 N–H and O–H groups in total. The van der Waals surface area contributed by atoms with E-state index in [4.69, 9.17) is 4.74 Å². The van der Waals surface area contributed by atoms with Crippen LogP contribution >= 0.6 is 0 Å². The molecule has 0 aliphatic heterocycles. The van der Waals surface area contributed by atoms with Crippen molar-refractivity contribution in [2.24, 2.45) is 13.0 Å². The zero-order valence-electron chi connectivity index (χ0n) is 17.0. The summed E-state index contributed by atoms with van der Waals surface area (Å²) < 4.78 is 35.3. The van der Waals surface area contributed by atoms with E-state index in [0.717, 1.165) is 25.0 Å². The molecule has 158 valence electrons. The number of benzene rings is 1. The van der Waals surface area contributed by atoms with Gasteiger partial charge in [0.2, 0.25) is 11.8 Å². The summed E-state index contributed by atoms with van der Waals surface area (Å²) in [7, 11) is -2.20. The molecule has 0 radical (unpaired) electrons. The highest BCUT2D eigenvalue weighted by atomic mass is 32.2. The number of anilines is 1. The first-order valence-corrected chi connectivity index (χ1v) is 11.5. The van der Waals surface area contributed by atoms with Crippen molar-refractivity contribution in [3.8, 4) is 11.6 Å². The van der Waals surface area contributed by atoms with Crippen molar-refractivity contribution in [1.29, 1.82) is 0 Å². The lowest BCUT2D eigenvalue weighted by atomic mass is 9.78. The van der Waals surface area contributed by atoms with Crippen molar-refractivity contribution in [3.05, 3.63) is 54.5 Å². The number of para-hydroxylation sites is 1. The van der Waals surface area contributed by atoms with Crippen molar-refractivity contribution < 1.29 is 13.2 Å². The van der Waals surface area contributed by atoms with Crippen molar-refractivity contribution in [1.82, 2.24) is 19.7 Å². The molecular weight excluding hydrogens is 402 g/mol. The lowest BCUT2D eigenvalue weighted by Gasteiger charge is -2.28. The highest BCUT2D eigenvalue weighted by molar-refractivity contribution is 7.92. The van der Waals surface area contributed by atoms with Crippen LogP contribution < -0.4 is 9.46 Å². The topological polar surface area (TPSA) is 99.0 Å². The maximum atomic E-state index is 12.8. The molecular formula is C21H25N5O3S. The maximum Gasteiger partial charge on any atom is 0.267 e. The molecule has 9 heteroatoms. The van der Waals surface area contributed by atoms with E-state index in [-0.39, 0.29) is 16.8 Å². The van der Waals surface area contributed by atoms with E-state index in [9.17, 15) is 8.42 Å². The fourth-order valence-corrected chi connectivity index (χ4v) is 4.74. The zero-order valence-corrected chi connectivity index (χ0v) is 17.8. The summed E-state index contributed by atoms with van der Waals surface area (Å²) >= 11 is 0. The molecule has 1 fully saturated rings. The number of nitrogens with zero attached hydrogens (tertiary/aromatic N) is 4. The molecule has 2 aromatic heterocycles. The number of aromatic nitrogens is 4. The summed E-state index contributed by atoms with van der Waals surface area (Å²) in [5.41, 5.74) is 0.798. The first-order valence-electron chi connectivity index (χ1n) is 10.0. The Hall–Kier alpha value is -2.94. The van der Waals surface area contributed by atoms with Crippen LogP contribution in [-0.4, -0.2) is 28.2 Å². The second-order valence-electron chi connectivity index (χ2n) is 7.69. The average Bonchev–Trinajstić information content (AvgIpc) is 3.16. The first-order chi connectivity index (χ1) is 14.4. The molecule has 0 bridgehead atoms. The summed E-state index contributed by atoms with van der Waals surface area (Å²) in [6, 6.07) is 11.1. The summed E-state index contributed by atoms with van der Waals surface area (Å²) in [4.78, 5) is 8.92. The van der Waals surface area contributed by atoms with Gasteiger partial charge >= 0.3 is 0 Å². The minimum absolute atomic E-state index is 0.0000534. The van der Waals surface area contributed by atoms with Gasteiger partial charge in [-0.15, -0.1) is 0 Å². The molecule has 1 aliphatic carbocycles. The Bertz CT molecular complexity index is 1110. The Morgan fingerprint density at radius 2 is 1.90 bits per heavy atom. The molecule has 4 rings (SSSR count). The van der Waals surface area contributed by atoms with Crippen LogP contribution in [0, 0.1) is 5.92 Å². The van der Waals surface area contributed by atoms with Gasteiger partial charge in [-0.2, -0.15) is 10.1 Å². The zero-order chi connectivity index (χ0) is 21.1. The largest absolute Gasteiger partial charge is 0.439 e. The molecule has 2 atom stereocenters. The Kier molecular flexibility index (Phi) is 5.72. The van der Waals surface area contributed by atoms with Gasteiger partial charge in [0.15, 0.2) is 0 Å². The molecule has 2 heterocycles. The normalized spacial score (nSPS) is 19.4. The van der Waals surface area contributed by atoms with Crippen molar-refractivity contribution >= 4 is 16.0 Å². The smallest absolute Gasteiger partial charge is 0.267 e. The molecule has 0 spiro atoms. The molecule has 0 saturated heterocycles. The van der Waals surface area contributed by atoms with Gasteiger partial charge in [-0.1, -0.05) is 44.4 Å². The fourth-order valence-electron chi connectivity index (χ4n) is 3.81. The van der Waals surface area contributed by atoms with Crippen molar-refractivity contribution in [2.45, 2.75) is 43.4 Å². The van der Waals surface area contributed by atoms with Crippen molar-refractivity contribution in [2.75, 3.05) is 4.72 Å². The summed E-state index contributed by atoms with van der Waals surface area (Å²) in [5, 5.41) is 3.93. The Labute approximate surface area is 176 Å². The minimum Gasteiger partial charge on any atom is -0.439 e. The Morgan fingerprint density at radius 3 is 2.60 bits per heavy atom. The van der Waals surface area contributed by atoms with E-state index in [1.54, 1.807) is 7.05 Å². The van der Waals surface area contributed by atoms with Crippen LogP contribution in [0.25, 0.3) is 0 Å². The second-order valence-corrected chi connectivity index (χ2v) is 9.38. The predicted octanol–water partition coefficient (Wildman–Crippen LogP) is 4.10. The summed E-state index contributed by atoms with van der Waals surface area (Å²) in [6.07, 6.45) is 7.19. The van der Waals surface area contributed by atoms with Gasteiger partial charge in [0.25, 0.3) is 10.0 Å². The average molecular weight is 428 g/mol. The van der Waals surface area contributed by atoms with Crippen LogP contribution in [0.15, 0.2) is 53.7 Å². The van der Waals surface area contributed by atoms with E-state index in [0.29, 0.717) is 17.5 Å². The Balaban J connectivity index is 1.69. The quantitative estimate of drug-likeness (QED) is 0.636. The molecule has 1 saturated carbocycles. The number of aryl methyl sites for hydroxylation is 1. The van der Waals surface area contributed by atoms with Gasteiger partial charge in [-0.25, -0.2) is 18.1 Å². The first kappa shape index (κ1) is 20.3. The van der Waals surface area contributed by atoms with Gasteiger partial charge in [-0.05, 0) is 24.5 Å². The maximum absolute atomic E-state index is 12.8. The van der Waals surface area contributed by atoms with E-state index in [1.165, 1.54) is 23.5 Å². The number of sulfonamides is 1. The highest BCUT2D eigenvalue weighted by Gasteiger charge is 2.26. The van der Waals surface area contributed by atoms with Gasteiger partial charge in [0, 0.05) is 25.2 Å². The number of ether oxygens (including phenoxy) is 1. The number of hydrogen-bond acceptors (Lipinski definition) is 6. The van der Waals surface area contributed by atoms with Crippen LogP contribution in [-0.2, 0) is 17.1 Å². The molecule has 8 nitrogen and oxygen atoms in total. The fraction of sp³-hybridized carbons (Fsp3) is 0.381. The van der Waals surface area contributed by atoms with E-state index >= 15 is 0 Å². The Morgan fingerprint density at radius 1 is 1.13 bits per heavy atom. The monoisotopic (exact) mass is 427 g/mol. The van der Waals surface area contributed by atoms with Crippen molar-refractivity contribution in [3.63, 3.8) is 0 Å². The van der Waals surface area contributed by atoms with Gasteiger partial charge in [0.05, 0.1) is 11.9 Å². The lowest BCUT2D eigenvalue weighted by molar-refractivity contribution is 0.324. The summed E-state index contributed by atoms with van der Waals surface area (Å²) in [5.74, 6) is 1.63. The molecule has 30 heavy (non-hydrogen) atoms. The standard InChI is InChI=1S/C21H25N5O3S/c1-15-8-6-7-11-18(15)19-12-20(29-16-9-4-3-5-10-16)24-21(23-19)25-30(27,28)17-13-22-26(2)14-17/h3-5,9-10,12-15,18H,6-8,11H2,1-2H3,(H,23,24,25). The molecule has 1 aliphatic rings. The molecule has 1 aromatic carbocycles. The number of hydrogen-bond donors (Lipinski definition) is 1. The van der Waals surface area contributed by atoms with Crippen LogP contribution in [0.4, 0.5) is 5.95 Å². The minimum atomic E-state index is -3.86. The summed E-state index contributed by atoms with van der Waals surface area (Å²) in [6.45, 7) is 2.21.